The van der Waals surface area contributed by atoms with Crippen molar-refractivity contribution in [2.45, 2.75) is 37.6 Å². The monoisotopic (exact) mass is 451 g/mol. The number of fused-ring (bicyclic) bond motifs is 1. The first-order valence-corrected chi connectivity index (χ1v) is 11.2. The van der Waals surface area contributed by atoms with Crippen molar-refractivity contribution in [1.29, 1.82) is 0 Å². The number of nitrogens with zero attached hydrogens (tertiary/aromatic N) is 6. The lowest BCUT2D eigenvalue weighted by molar-refractivity contribution is 0.0836. The van der Waals surface area contributed by atoms with Crippen LogP contribution in [0.3, 0.4) is 0 Å². The maximum Gasteiger partial charge on any atom is 0.186 e. The van der Waals surface area contributed by atoms with Gasteiger partial charge >= 0.3 is 0 Å². The molecular formula is C23H23F2N7O. The van der Waals surface area contributed by atoms with E-state index in [9.17, 15) is 8.78 Å². The lowest BCUT2D eigenvalue weighted by Crippen LogP contribution is -2.24. The SMILES string of the molecule is Fc1ccc(F)c([C@H]2CCCN2c2ccn3ncc(-c4n[nH]c(C5CCOCC5)n4)c3n2)c1. The van der Waals surface area contributed by atoms with Crippen LogP contribution in [-0.2, 0) is 4.74 Å². The maximum atomic E-state index is 14.5. The summed E-state index contributed by atoms with van der Waals surface area (Å²) in [5.74, 6) is 1.55. The number of anilines is 1. The summed E-state index contributed by atoms with van der Waals surface area (Å²) in [6.07, 6.45) is 6.96. The van der Waals surface area contributed by atoms with Crippen molar-refractivity contribution < 1.29 is 13.5 Å². The van der Waals surface area contributed by atoms with Crippen molar-refractivity contribution >= 4 is 11.5 Å². The standard InChI is InChI=1S/C23H23F2N7O/c24-15-3-4-18(25)16(12-15)19-2-1-8-31(19)20-5-9-32-23(27-20)17(13-26-32)22-28-21(29-30-22)14-6-10-33-11-7-14/h3-5,9,12-14,19H,1-2,6-8,10-11H2,(H,28,29,30)/t19-/m1/s1. The summed E-state index contributed by atoms with van der Waals surface area (Å²) in [7, 11) is 0. The number of aromatic amines is 1. The molecular weight excluding hydrogens is 428 g/mol. The normalized spacial score (nSPS) is 19.6. The van der Waals surface area contributed by atoms with Crippen LogP contribution in [0.4, 0.5) is 14.6 Å². The second kappa shape index (κ2) is 8.18. The van der Waals surface area contributed by atoms with E-state index < -0.39 is 11.6 Å². The van der Waals surface area contributed by atoms with Gasteiger partial charge in [0.1, 0.15) is 23.3 Å². The van der Waals surface area contributed by atoms with Gasteiger partial charge in [0.2, 0.25) is 0 Å². The maximum absolute atomic E-state index is 14.5. The number of rotatable bonds is 4. The number of H-pyrrole nitrogens is 1. The Morgan fingerprint density at radius 2 is 1.94 bits per heavy atom. The van der Waals surface area contributed by atoms with Crippen molar-refractivity contribution in [1.82, 2.24) is 29.8 Å². The fourth-order valence-electron chi connectivity index (χ4n) is 4.86. The molecule has 0 unspecified atom stereocenters. The molecule has 8 nitrogen and oxygen atoms in total. The van der Waals surface area contributed by atoms with Crippen LogP contribution >= 0.6 is 0 Å². The lowest BCUT2D eigenvalue weighted by atomic mass is 10.00. The molecule has 2 fully saturated rings. The van der Waals surface area contributed by atoms with Gasteiger partial charge in [0.05, 0.1) is 17.8 Å². The van der Waals surface area contributed by atoms with E-state index in [0.717, 1.165) is 56.4 Å². The van der Waals surface area contributed by atoms with Gasteiger partial charge in [0, 0.05) is 37.4 Å². The Hall–Kier alpha value is -3.40. The second-order valence-electron chi connectivity index (χ2n) is 8.56. The van der Waals surface area contributed by atoms with Gasteiger partial charge in [-0.15, -0.1) is 0 Å². The molecule has 2 aliphatic rings. The predicted octanol–water partition coefficient (Wildman–Crippen LogP) is 4.03. The van der Waals surface area contributed by atoms with Gasteiger partial charge in [-0.25, -0.2) is 23.3 Å². The summed E-state index contributed by atoms with van der Waals surface area (Å²) in [6.45, 7) is 2.16. The third-order valence-corrected chi connectivity index (χ3v) is 6.57. The summed E-state index contributed by atoms with van der Waals surface area (Å²) >= 11 is 0. The minimum absolute atomic E-state index is 0.273. The highest BCUT2D eigenvalue weighted by molar-refractivity contribution is 5.73. The molecule has 10 heteroatoms. The van der Waals surface area contributed by atoms with Crippen LogP contribution in [0.15, 0.2) is 36.7 Å². The minimum atomic E-state index is -0.440. The van der Waals surface area contributed by atoms with Gasteiger partial charge in [-0.2, -0.15) is 10.2 Å². The van der Waals surface area contributed by atoms with Crippen molar-refractivity contribution in [2.24, 2.45) is 0 Å². The number of hydrogen-bond acceptors (Lipinski definition) is 6. The fourth-order valence-corrected chi connectivity index (χ4v) is 4.86. The highest BCUT2D eigenvalue weighted by Crippen LogP contribution is 2.37. The highest BCUT2D eigenvalue weighted by Gasteiger charge is 2.30. The summed E-state index contributed by atoms with van der Waals surface area (Å²) in [6, 6.07) is 5.20. The van der Waals surface area contributed by atoms with Crippen molar-refractivity contribution in [3.05, 3.63) is 59.7 Å². The Morgan fingerprint density at radius 1 is 1.06 bits per heavy atom. The number of nitrogens with one attached hydrogen (secondary N) is 1. The Kier molecular flexibility index (Phi) is 5.01. The van der Waals surface area contributed by atoms with E-state index in [1.807, 2.05) is 17.2 Å². The molecule has 2 saturated heterocycles. The highest BCUT2D eigenvalue weighted by atomic mass is 19.1. The zero-order chi connectivity index (χ0) is 22.4. The molecule has 3 aromatic heterocycles. The van der Waals surface area contributed by atoms with Crippen LogP contribution in [0, 0.1) is 11.6 Å². The van der Waals surface area contributed by atoms with Gasteiger partial charge < -0.3 is 9.64 Å². The van der Waals surface area contributed by atoms with Gasteiger partial charge in [0.15, 0.2) is 11.5 Å². The predicted molar refractivity (Wildman–Crippen MR) is 117 cm³/mol. The average molecular weight is 451 g/mol. The molecule has 2 aliphatic heterocycles. The molecule has 0 bridgehead atoms. The van der Waals surface area contributed by atoms with E-state index in [1.54, 1.807) is 10.7 Å². The summed E-state index contributed by atoms with van der Waals surface area (Å²) < 4.78 is 35.5. The van der Waals surface area contributed by atoms with Gasteiger partial charge in [0.25, 0.3) is 0 Å². The first-order chi connectivity index (χ1) is 16.2. The van der Waals surface area contributed by atoms with Gasteiger partial charge in [-0.3, -0.25) is 5.10 Å². The molecule has 0 saturated carbocycles. The topological polar surface area (TPSA) is 84.2 Å². The quantitative estimate of drug-likeness (QED) is 0.504. The number of ether oxygens (including phenoxy) is 1. The van der Waals surface area contributed by atoms with Crippen molar-refractivity contribution in [3.63, 3.8) is 0 Å². The number of hydrogen-bond donors (Lipinski definition) is 1. The minimum Gasteiger partial charge on any atom is -0.381 e. The molecule has 6 rings (SSSR count). The Balaban J connectivity index is 1.34. The molecule has 0 amide bonds. The van der Waals surface area contributed by atoms with E-state index in [4.69, 9.17) is 14.7 Å². The molecule has 170 valence electrons. The van der Waals surface area contributed by atoms with Gasteiger partial charge in [-0.05, 0) is 49.9 Å². The largest absolute Gasteiger partial charge is 0.381 e. The fraction of sp³-hybridized carbons (Fsp3) is 0.391. The molecule has 0 spiro atoms. The third kappa shape index (κ3) is 3.64. The van der Waals surface area contributed by atoms with Crippen molar-refractivity contribution in [2.75, 3.05) is 24.7 Å². The molecule has 1 N–H and O–H groups in total. The Morgan fingerprint density at radius 3 is 2.82 bits per heavy atom. The number of halogens is 2. The van der Waals surface area contributed by atoms with Crippen LogP contribution in [0.5, 0.6) is 0 Å². The first-order valence-electron chi connectivity index (χ1n) is 11.2. The molecule has 1 atom stereocenters. The average Bonchev–Trinajstić information content (AvgIpc) is 3.60. The third-order valence-electron chi connectivity index (χ3n) is 6.57. The van der Waals surface area contributed by atoms with Crippen molar-refractivity contribution in [3.8, 4) is 11.4 Å². The van der Waals surface area contributed by atoms with E-state index in [-0.39, 0.29) is 6.04 Å². The molecule has 0 aliphatic carbocycles. The number of aromatic nitrogens is 6. The Bertz CT molecular complexity index is 1300. The molecule has 33 heavy (non-hydrogen) atoms. The van der Waals surface area contributed by atoms with E-state index in [1.165, 1.54) is 12.1 Å². The van der Waals surface area contributed by atoms with Crippen LogP contribution in [0.1, 0.15) is 49.0 Å². The zero-order valence-electron chi connectivity index (χ0n) is 17.9. The van der Waals surface area contributed by atoms with Crippen LogP contribution in [0.25, 0.3) is 17.0 Å². The molecule has 5 heterocycles. The summed E-state index contributed by atoms with van der Waals surface area (Å²) in [5, 5.41) is 11.9. The van der Waals surface area contributed by atoms with Crippen LogP contribution < -0.4 is 4.90 Å². The van der Waals surface area contributed by atoms with E-state index >= 15 is 0 Å². The molecule has 0 radical (unpaired) electrons. The summed E-state index contributed by atoms with van der Waals surface area (Å²) in [4.78, 5) is 11.6. The first kappa shape index (κ1) is 20.2. The molecule has 1 aromatic carbocycles. The Labute approximate surface area is 188 Å². The number of benzene rings is 1. The van der Waals surface area contributed by atoms with Gasteiger partial charge in [-0.1, -0.05) is 0 Å². The zero-order valence-corrected chi connectivity index (χ0v) is 17.9. The van der Waals surface area contributed by atoms with Crippen LogP contribution in [0.2, 0.25) is 0 Å². The smallest absolute Gasteiger partial charge is 0.186 e. The summed E-state index contributed by atoms with van der Waals surface area (Å²) in [5.41, 5.74) is 1.70. The second-order valence-corrected chi connectivity index (χ2v) is 8.56. The lowest BCUT2D eigenvalue weighted by Gasteiger charge is -2.26. The van der Waals surface area contributed by atoms with E-state index in [0.29, 0.717) is 35.3 Å². The molecule has 4 aromatic rings. The van der Waals surface area contributed by atoms with E-state index in [2.05, 4.69) is 15.3 Å². The van der Waals surface area contributed by atoms with Crippen LogP contribution in [-0.4, -0.2) is 49.5 Å².